The summed E-state index contributed by atoms with van der Waals surface area (Å²) in [5.41, 5.74) is 3.38. The van der Waals surface area contributed by atoms with Crippen LogP contribution >= 0.6 is 0 Å². The number of fused-ring (bicyclic) bond motifs is 1. The summed E-state index contributed by atoms with van der Waals surface area (Å²) < 4.78 is 1.91. The van der Waals surface area contributed by atoms with Crippen molar-refractivity contribution in [3.63, 3.8) is 0 Å². The van der Waals surface area contributed by atoms with Crippen molar-refractivity contribution in [2.45, 2.75) is 51.6 Å². The number of carboxylic acids is 1. The Morgan fingerprint density at radius 3 is 2.96 bits per heavy atom. The lowest BCUT2D eigenvalue weighted by Crippen LogP contribution is -2.38. The van der Waals surface area contributed by atoms with Crippen molar-refractivity contribution in [1.82, 2.24) is 19.7 Å². The molecule has 0 saturated heterocycles. The predicted octanol–water partition coefficient (Wildman–Crippen LogP) is 2.42. The van der Waals surface area contributed by atoms with Gasteiger partial charge in [-0.3, -0.25) is 9.67 Å². The lowest BCUT2D eigenvalue weighted by molar-refractivity contribution is 0.0687. The van der Waals surface area contributed by atoms with Crippen LogP contribution in [-0.2, 0) is 25.8 Å². The van der Waals surface area contributed by atoms with Crippen LogP contribution in [0.5, 0.6) is 0 Å². The standard InChI is InChI=1S/C19H26N4O2/c1-3-11-23-17-8-7-15(13-16(17)18(21-23)19(24)25)22(2)12-9-14-6-4-5-10-20-14/h4-6,10,15H,3,7-9,11-13H2,1-2H3,(H,24,25)/t15-/m0/s1. The zero-order valence-corrected chi connectivity index (χ0v) is 15.0. The van der Waals surface area contributed by atoms with E-state index in [2.05, 4.69) is 29.0 Å². The highest BCUT2D eigenvalue weighted by molar-refractivity contribution is 5.87. The molecule has 2 aromatic heterocycles. The molecule has 1 atom stereocenters. The molecule has 134 valence electrons. The number of pyridine rings is 1. The van der Waals surface area contributed by atoms with Gasteiger partial charge in [-0.05, 0) is 44.9 Å². The van der Waals surface area contributed by atoms with E-state index in [4.69, 9.17) is 0 Å². The summed E-state index contributed by atoms with van der Waals surface area (Å²) in [6, 6.07) is 6.34. The number of nitrogens with zero attached hydrogens (tertiary/aromatic N) is 4. The highest BCUT2D eigenvalue weighted by Gasteiger charge is 2.30. The molecule has 0 fully saturated rings. The van der Waals surface area contributed by atoms with E-state index in [0.29, 0.717) is 6.04 Å². The third-order valence-electron chi connectivity index (χ3n) is 5.03. The summed E-state index contributed by atoms with van der Waals surface area (Å²) in [5.74, 6) is -0.914. The van der Waals surface area contributed by atoms with Crippen LogP contribution in [-0.4, -0.2) is 50.4 Å². The second-order valence-corrected chi connectivity index (χ2v) is 6.75. The average Bonchev–Trinajstić information content (AvgIpc) is 2.99. The highest BCUT2D eigenvalue weighted by atomic mass is 16.4. The Morgan fingerprint density at radius 2 is 2.28 bits per heavy atom. The maximum Gasteiger partial charge on any atom is 0.356 e. The normalized spacial score (nSPS) is 16.8. The molecule has 0 bridgehead atoms. The monoisotopic (exact) mass is 342 g/mol. The van der Waals surface area contributed by atoms with Gasteiger partial charge >= 0.3 is 5.97 Å². The molecule has 0 aliphatic heterocycles. The fourth-order valence-corrected chi connectivity index (χ4v) is 3.63. The lowest BCUT2D eigenvalue weighted by atomic mass is 9.90. The van der Waals surface area contributed by atoms with E-state index in [1.54, 1.807) is 0 Å². The average molecular weight is 342 g/mol. The molecule has 0 amide bonds. The third kappa shape index (κ3) is 3.90. The van der Waals surface area contributed by atoms with Crippen molar-refractivity contribution in [3.05, 3.63) is 47.0 Å². The minimum absolute atomic E-state index is 0.242. The molecule has 0 spiro atoms. The quantitative estimate of drug-likeness (QED) is 0.837. The number of carboxylic acid groups (broad SMARTS) is 1. The van der Waals surface area contributed by atoms with E-state index in [1.807, 2.05) is 29.1 Å². The van der Waals surface area contributed by atoms with Crippen LogP contribution in [0.2, 0.25) is 0 Å². The van der Waals surface area contributed by atoms with E-state index in [-0.39, 0.29) is 5.69 Å². The topological polar surface area (TPSA) is 71.2 Å². The van der Waals surface area contributed by atoms with Crippen LogP contribution < -0.4 is 0 Å². The third-order valence-corrected chi connectivity index (χ3v) is 5.03. The van der Waals surface area contributed by atoms with E-state index in [1.165, 1.54) is 0 Å². The summed E-state index contributed by atoms with van der Waals surface area (Å²) in [6.07, 6.45) is 6.39. The molecule has 0 saturated carbocycles. The van der Waals surface area contributed by atoms with Crippen molar-refractivity contribution >= 4 is 5.97 Å². The van der Waals surface area contributed by atoms with E-state index in [0.717, 1.165) is 62.1 Å². The number of hydrogen-bond acceptors (Lipinski definition) is 4. The Hall–Kier alpha value is -2.21. The number of carbonyl (C=O) groups is 1. The Kier molecular flexibility index (Phi) is 5.48. The predicted molar refractivity (Wildman–Crippen MR) is 95.9 cm³/mol. The summed E-state index contributed by atoms with van der Waals surface area (Å²) in [5, 5.41) is 13.9. The van der Waals surface area contributed by atoms with Crippen LogP contribution in [0.3, 0.4) is 0 Å². The lowest BCUT2D eigenvalue weighted by Gasteiger charge is -2.31. The molecule has 25 heavy (non-hydrogen) atoms. The number of rotatable bonds is 7. The Morgan fingerprint density at radius 1 is 1.44 bits per heavy atom. The van der Waals surface area contributed by atoms with Gasteiger partial charge in [0.2, 0.25) is 0 Å². The molecule has 0 unspecified atom stereocenters. The molecule has 1 aliphatic carbocycles. The van der Waals surface area contributed by atoms with Crippen LogP contribution in [0.1, 0.15) is 47.2 Å². The Labute approximate surface area is 148 Å². The van der Waals surface area contributed by atoms with Crippen LogP contribution in [0.15, 0.2) is 24.4 Å². The number of aromatic nitrogens is 3. The van der Waals surface area contributed by atoms with Crippen molar-refractivity contribution in [2.24, 2.45) is 0 Å². The fourth-order valence-electron chi connectivity index (χ4n) is 3.63. The first-order valence-corrected chi connectivity index (χ1v) is 9.02. The van der Waals surface area contributed by atoms with Gasteiger partial charge in [-0.2, -0.15) is 5.10 Å². The SMILES string of the molecule is CCCn1nc(C(=O)O)c2c1CC[C@H](N(C)CCc1ccccn1)C2. The smallest absolute Gasteiger partial charge is 0.356 e. The zero-order valence-electron chi connectivity index (χ0n) is 15.0. The van der Waals surface area contributed by atoms with Crippen LogP contribution in [0, 0.1) is 0 Å². The summed E-state index contributed by atoms with van der Waals surface area (Å²) >= 11 is 0. The molecule has 1 N–H and O–H groups in total. The van der Waals surface area contributed by atoms with Gasteiger partial charge < -0.3 is 10.0 Å². The molecule has 0 aromatic carbocycles. The van der Waals surface area contributed by atoms with Crippen molar-refractivity contribution < 1.29 is 9.90 Å². The maximum atomic E-state index is 11.6. The molecule has 6 nitrogen and oxygen atoms in total. The first kappa shape index (κ1) is 17.6. The molecule has 0 radical (unpaired) electrons. The second kappa shape index (κ2) is 7.78. The van der Waals surface area contributed by atoms with Gasteiger partial charge in [-0.25, -0.2) is 4.79 Å². The maximum absolute atomic E-state index is 11.6. The number of likely N-dealkylation sites (N-methyl/N-ethyl adjacent to an activating group) is 1. The number of aromatic carboxylic acids is 1. The number of aryl methyl sites for hydroxylation is 1. The van der Waals surface area contributed by atoms with Gasteiger partial charge in [0.15, 0.2) is 5.69 Å². The van der Waals surface area contributed by atoms with Crippen LogP contribution in [0.4, 0.5) is 0 Å². The molecule has 2 heterocycles. The minimum Gasteiger partial charge on any atom is -0.476 e. The number of hydrogen-bond donors (Lipinski definition) is 1. The Balaban J connectivity index is 1.70. The summed E-state index contributed by atoms with van der Waals surface area (Å²) in [6.45, 7) is 3.80. The fraction of sp³-hybridized carbons (Fsp3) is 0.526. The van der Waals surface area contributed by atoms with Gasteiger partial charge in [0.25, 0.3) is 0 Å². The van der Waals surface area contributed by atoms with Gasteiger partial charge in [0.1, 0.15) is 0 Å². The molecule has 3 rings (SSSR count). The minimum atomic E-state index is -0.914. The zero-order chi connectivity index (χ0) is 17.8. The molecule has 2 aromatic rings. The summed E-state index contributed by atoms with van der Waals surface area (Å²) in [7, 11) is 2.12. The largest absolute Gasteiger partial charge is 0.476 e. The first-order chi connectivity index (χ1) is 12.1. The molecule has 6 heteroatoms. The van der Waals surface area contributed by atoms with Crippen molar-refractivity contribution in [3.8, 4) is 0 Å². The van der Waals surface area contributed by atoms with Gasteiger partial charge in [-0.1, -0.05) is 13.0 Å². The Bertz CT molecular complexity index is 727. The molecular formula is C19H26N4O2. The van der Waals surface area contributed by atoms with Gasteiger partial charge in [-0.15, -0.1) is 0 Å². The molecular weight excluding hydrogens is 316 g/mol. The molecule has 1 aliphatic rings. The second-order valence-electron chi connectivity index (χ2n) is 6.75. The highest BCUT2D eigenvalue weighted by Crippen LogP contribution is 2.27. The first-order valence-electron chi connectivity index (χ1n) is 9.02. The van der Waals surface area contributed by atoms with Crippen LogP contribution in [0.25, 0.3) is 0 Å². The van der Waals surface area contributed by atoms with Crippen molar-refractivity contribution in [1.29, 1.82) is 0 Å². The summed E-state index contributed by atoms with van der Waals surface area (Å²) in [4.78, 5) is 18.3. The van der Waals surface area contributed by atoms with Gasteiger partial charge in [0.05, 0.1) is 0 Å². The van der Waals surface area contributed by atoms with E-state index in [9.17, 15) is 9.90 Å². The van der Waals surface area contributed by atoms with Crippen molar-refractivity contribution in [2.75, 3.05) is 13.6 Å². The van der Waals surface area contributed by atoms with Gasteiger partial charge in [0, 0.05) is 48.7 Å². The van der Waals surface area contributed by atoms with E-state index < -0.39 is 5.97 Å². The van der Waals surface area contributed by atoms with E-state index >= 15 is 0 Å².